The van der Waals surface area contributed by atoms with E-state index in [0.29, 0.717) is 30.9 Å². The van der Waals surface area contributed by atoms with E-state index in [0.717, 1.165) is 58.2 Å². The van der Waals surface area contributed by atoms with Gasteiger partial charge >= 0.3 is 6.09 Å². The molecular weight excluding hydrogens is 659 g/mol. The number of nitrogens with one attached hydrogen (secondary N) is 3. The average molecular weight is 708 g/mol. The number of ether oxygens (including phenoxy) is 1. The van der Waals surface area contributed by atoms with Crippen LogP contribution in [0.4, 0.5) is 10.5 Å². The van der Waals surface area contributed by atoms with E-state index in [1.807, 2.05) is 66.7 Å². The Morgan fingerprint density at radius 2 is 1.69 bits per heavy atom. The number of fused-ring (bicyclic) bond motifs is 1. The number of phenols is 1. The molecular formula is C41H49N3O6Si. The van der Waals surface area contributed by atoms with E-state index in [1.54, 1.807) is 12.1 Å². The molecule has 0 radical (unpaired) electrons. The third-order valence-corrected chi connectivity index (χ3v) is 14.1. The van der Waals surface area contributed by atoms with Crippen LogP contribution in [0.3, 0.4) is 0 Å². The zero-order valence-corrected chi connectivity index (χ0v) is 31.1. The highest BCUT2D eigenvalue weighted by Crippen LogP contribution is 2.41. The fraction of sp³-hybridized carbons (Fsp3) is 0.317. The Kier molecular flexibility index (Phi) is 12.0. The summed E-state index contributed by atoms with van der Waals surface area (Å²) in [6.45, 7) is 12.8. The number of benzene rings is 4. The van der Waals surface area contributed by atoms with Crippen molar-refractivity contribution < 1.29 is 24.2 Å². The lowest BCUT2D eigenvalue weighted by atomic mass is 9.99. The molecule has 5 aromatic rings. The number of aromatic hydroxyl groups is 1. The summed E-state index contributed by atoms with van der Waals surface area (Å²) in [7, 11) is -2.19. The second-order valence-electron chi connectivity index (χ2n) is 14.4. The van der Waals surface area contributed by atoms with Gasteiger partial charge in [0.2, 0.25) is 5.56 Å². The largest absolute Gasteiger partial charge is 0.506 e. The van der Waals surface area contributed by atoms with Gasteiger partial charge in [-0.2, -0.15) is 0 Å². The van der Waals surface area contributed by atoms with Crippen molar-refractivity contribution in [1.82, 2.24) is 10.3 Å². The molecule has 10 heteroatoms. The number of carboxylic acid groups (broad SMARTS) is 1. The summed E-state index contributed by atoms with van der Waals surface area (Å²) >= 11 is 0. The Morgan fingerprint density at radius 1 is 0.902 bits per heavy atom. The number of unbranched alkanes of at least 4 members (excludes halogenated alkanes) is 1. The minimum absolute atomic E-state index is 0.00848. The molecule has 51 heavy (non-hydrogen) atoms. The molecule has 9 nitrogen and oxygen atoms in total. The van der Waals surface area contributed by atoms with Gasteiger partial charge < -0.3 is 29.7 Å². The Hall–Kier alpha value is -4.90. The van der Waals surface area contributed by atoms with Crippen LogP contribution in [0.25, 0.3) is 22.0 Å². The molecule has 1 aromatic heterocycles. The predicted molar refractivity (Wildman–Crippen MR) is 207 cm³/mol. The van der Waals surface area contributed by atoms with Crippen LogP contribution in [0.15, 0.2) is 102 Å². The molecule has 0 spiro atoms. The number of H-pyrrole nitrogens is 1. The molecule has 4 aromatic carbocycles. The predicted octanol–water partition coefficient (Wildman–Crippen LogP) is 9.25. The van der Waals surface area contributed by atoms with Gasteiger partial charge in [-0.25, -0.2) is 4.79 Å². The average Bonchev–Trinajstić information content (AvgIpc) is 3.08. The Balaban J connectivity index is 1.17. The highest BCUT2D eigenvalue weighted by Gasteiger charge is 2.39. The molecule has 268 valence electrons. The maximum Gasteiger partial charge on any atom is 0.409 e. The molecule has 0 bridgehead atoms. The fourth-order valence-corrected chi connectivity index (χ4v) is 7.11. The summed E-state index contributed by atoms with van der Waals surface area (Å²) < 4.78 is 13.1. The minimum atomic E-state index is -2.19. The molecule has 0 fully saturated rings. The molecule has 1 heterocycles. The van der Waals surface area contributed by atoms with E-state index in [1.165, 1.54) is 6.07 Å². The molecule has 5 N–H and O–H groups in total. The first kappa shape index (κ1) is 37.4. The van der Waals surface area contributed by atoms with Crippen molar-refractivity contribution in [3.8, 4) is 22.6 Å². The Bertz CT molecular complexity index is 2010. The summed E-state index contributed by atoms with van der Waals surface area (Å²) in [6.07, 6.45) is 1.17. The Labute approximate surface area is 300 Å². The first-order chi connectivity index (χ1) is 24.3. The van der Waals surface area contributed by atoms with Crippen molar-refractivity contribution in [3.05, 3.63) is 124 Å². The zero-order chi connectivity index (χ0) is 36.6. The van der Waals surface area contributed by atoms with Crippen LogP contribution in [0.2, 0.25) is 18.1 Å². The van der Waals surface area contributed by atoms with E-state index in [2.05, 4.69) is 61.6 Å². The van der Waals surface area contributed by atoms with E-state index in [9.17, 15) is 19.8 Å². The third kappa shape index (κ3) is 9.88. The van der Waals surface area contributed by atoms with Gasteiger partial charge in [0.15, 0.2) is 8.32 Å². The number of rotatable bonds is 15. The van der Waals surface area contributed by atoms with Crippen molar-refractivity contribution >= 4 is 31.0 Å². The lowest BCUT2D eigenvalue weighted by Crippen LogP contribution is -2.43. The molecule has 0 saturated heterocycles. The molecule has 0 saturated carbocycles. The van der Waals surface area contributed by atoms with E-state index in [4.69, 9.17) is 9.16 Å². The minimum Gasteiger partial charge on any atom is -0.506 e. The van der Waals surface area contributed by atoms with Crippen LogP contribution in [0.5, 0.6) is 11.5 Å². The maximum absolute atomic E-state index is 12.1. The number of aryl methyl sites for hydroxylation is 1. The van der Waals surface area contributed by atoms with Crippen molar-refractivity contribution in [1.29, 1.82) is 0 Å². The first-order valence-electron chi connectivity index (χ1n) is 17.4. The third-order valence-electron chi connectivity index (χ3n) is 9.59. The summed E-state index contributed by atoms with van der Waals surface area (Å²) in [6, 6.07) is 30.5. The van der Waals surface area contributed by atoms with Gasteiger partial charge in [0.1, 0.15) is 11.5 Å². The van der Waals surface area contributed by atoms with E-state index in [-0.39, 0.29) is 22.5 Å². The molecule has 1 amide bonds. The van der Waals surface area contributed by atoms with Crippen LogP contribution in [0, 0.1) is 0 Å². The molecule has 1 atom stereocenters. The lowest BCUT2D eigenvalue weighted by Gasteiger charge is -2.39. The lowest BCUT2D eigenvalue weighted by molar-refractivity contribution is 0.181. The standard InChI is InChI=1S/C41H49N3O6Si/c1-41(2,3)51(4,5)50-37(33-19-21-36(45)39-34(33)20-22-38(46)44-39)27-42-26-29-13-11-16-31(24-29)49-23-10-9-12-28-17-18-32(30-14-7-6-8-15-30)35(25-28)43-40(47)48/h6-8,11,13-22,24-25,37,42-43,45H,9-10,12,23,26-27H2,1-5H3,(H,44,46)(H,47,48)/t37-/m1/s1. The summed E-state index contributed by atoms with van der Waals surface area (Å²) in [4.78, 5) is 26.3. The number of amides is 1. The number of aromatic amines is 1. The van der Waals surface area contributed by atoms with Crippen LogP contribution >= 0.6 is 0 Å². The molecule has 0 aliphatic carbocycles. The van der Waals surface area contributed by atoms with Gasteiger partial charge in [-0.05, 0) is 90.0 Å². The first-order valence-corrected chi connectivity index (χ1v) is 20.3. The number of phenolic OH excluding ortho intramolecular Hbond substituents is 1. The van der Waals surface area contributed by atoms with Gasteiger partial charge in [0.05, 0.1) is 23.9 Å². The van der Waals surface area contributed by atoms with Crippen LogP contribution in [-0.4, -0.2) is 42.8 Å². The smallest absolute Gasteiger partial charge is 0.409 e. The fourth-order valence-electron chi connectivity index (χ4n) is 5.84. The van der Waals surface area contributed by atoms with Crippen molar-refractivity contribution in [2.75, 3.05) is 18.5 Å². The Morgan fingerprint density at radius 3 is 2.43 bits per heavy atom. The van der Waals surface area contributed by atoms with Crippen LogP contribution in [0.1, 0.15) is 56.4 Å². The van der Waals surface area contributed by atoms with Crippen LogP contribution < -0.4 is 20.9 Å². The summed E-state index contributed by atoms with van der Waals surface area (Å²) in [5.41, 5.74) is 5.59. The SMILES string of the molecule is CC(C)(C)[Si](C)(C)O[C@H](CNCc1cccc(OCCCCc2ccc(-c3ccccc3)c(NC(=O)O)c2)c1)c1ccc(O)c2[nH]c(=O)ccc12. The van der Waals surface area contributed by atoms with Gasteiger partial charge in [-0.3, -0.25) is 10.1 Å². The topological polar surface area (TPSA) is 133 Å². The number of aromatic nitrogens is 1. The molecule has 0 aliphatic rings. The number of pyridine rings is 1. The molecule has 5 rings (SSSR count). The van der Waals surface area contributed by atoms with Crippen molar-refractivity contribution in [2.24, 2.45) is 0 Å². The molecule has 0 aliphatic heterocycles. The quantitative estimate of drug-likeness (QED) is 0.0541. The maximum atomic E-state index is 12.1. The number of hydrogen-bond acceptors (Lipinski definition) is 6. The van der Waals surface area contributed by atoms with Gasteiger partial charge in [0.25, 0.3) is 0 Å². The van der Waals surface area contributed by atoms with Gasteiger partial charge in [-0.15, -0.1) is 0 Å². The monoisotopic (exact) mass is 707 g/mol. The second kappa shape index (κ2) is 16.4. The second-order valence-corrected chi connectivity index (χ2v) is 19.2. The van der Waals surface area contributed by atoms with E-state index >= 15 is 0 Å². The highest BCUT2D eigenvalue weighted by molar-refractivity contribution is 6.74. The molecule has 0 unspecified atom stereocenters. The van der Waals surface area contributed by atoms with E-state index < -0.39 is 14.4 Å². The summed E-state index contributed by atoms with van der Waals surface area (Å²) in [5.74, 6) is 0.832. The number of carbonyl (C=O) groups is 1. The van der Waals surface area contributed by atoms with Gasteiger partial charge in [-0.1, -0.05) is 81.4 Å². The van der Waals surface area contributed by atoms with Gasteiger partial charge in [0, 0.05) is 30.1 Å². The van der Waals surface area contributed by atoms with Crippen molar-refractivity contribution in [2.45, 2.75) is 70.8 Å². The number of anilines is 1. The normalized spacial score (nSPS) is 12.5. The van der Waals surface area contributed by atoms with Crippen LogP contribution in [-0.2, 0) is 17.4 Å². The highest BCUT2D eigenvalue weighted by atomic mass is 28.4. The number of hydrogen-bond donors (Lipinski definition) is 5. The van der Waals surface area contributed by atoms with Crippen molar-refractivity contribution in [3.63, 3.8) is 0 Å². The summed E-state index contributed by atoms with van der Waals surface area (Å²) in [5, 5.41) is 26.8. The zero-order valence-electron chi connectivity index (χ0n) is 30.1.